The number of hydrogen-bond donors (Lipinski definition) is 1. The monoisotopic (exact) mass is 311 g/mol. The molecule has 0 atom stereocenters. The summed E-state index contributed by atoms with van der Waals surface area (Å²) in [7, 11) is 1.77. The summed E-state index contributed by atoms with van der Waals surface area (Å²) in [4.78, 5) is 0. The molecule has 1 aliphatic rings. The zero-order chi connectivity index (χ0) is 13.5. The highest BCUT2D eigenvalue weighted by Gasteiger charge is 2.41. The van der Waals surface area contributed by atoms with Gasteiger partial charge >= 0.3 is 0 Å². The van der Waals surface area contributed by atoms with Crippen molar-refractivity contribution in [2.75, 3.05) is 13.7 Å². The zero-order valence-electron chi connectivity index (χ0n) is 11.7. The summed E-state index contributed by atoms with van der Waals surface area (Å²) in [6.45, 7) is 7.14. The van der Waals surface area contributed by atoms with Gasteiger partial charge < -0.3 is 10.5 Å². The van der Waals surface area contributed by atoms with E-state index in [-0.39, 0.29) is 5.41 Å². The molecule has 2 nitrogen and oxygen atoms in total. The molecule has 1 aromatic rings. The van der Waals surface area contributed by atoms with Gasteiger partial charge in [0.2, 0.25) is 0 Å². The van der Waals surface area contributed by atoms with Crippen molar-refractivity contribution in [3.63, 3.8) is 0 Å². The molecule has 0 saturated heterocycles. The number of hydrogen-bond acceptors (Lipinski definition) is 2. The average molecular weight is 312 g/mol. The molecule has 0 aliphatic heterocycles. The topological polar surface area (TPSA) is 35.2 Å². The molecule has 1 aliphatic carbocycles. The number of rotatable bonds is 3. The van der Waals surface area contributed by atoms with Crippen LogP contribution in [0, 0.1) is 20.8 Å². The lowest BCUT2D eigenvalue weighted by atomic mass is 9.62. The first-order valence-electron chi connectivity index (χ1n) is 6.52. The average Bonchev–Trinajstić information content (AvgIpc) is 2.32. The van der Waals surface area contributed by atoms with Crippen molar-refractivity contribution in [1.29, 1.82) is 0 Å². The van der Waals surface area contributed by atoms with Gasteiger partial charge in [-0.15, -0.1) is 0 Å². The molecule has 2 rings (SSSR count). The third-order valence-corrected chi connectivity index (χ3v) is 5.79. The first-order chi connectivity index (χ1) is 8.48. The highest BCUT2D eigenvalue weighted by Crippen LogP contribution is 2.50. The van der Waals surface area contributed by atoms with Gasteiger partial charge in [0.15, 0.2) is 0 Å². The fraction of sp³-hybridized carbons (Fsp3) is 0.600. The van der Waals surface area contributed by atoms with Crippen LogP contribution in [0.2, 0.25) is 0 Å². The van der Waals surface area contributed by atoms with Gasteiger partial charge in [0.1, 0.15) is 5.75 Å². The summed E-state index contributed by atoms with van der Waals surface area (Å²) in [5.74, 6) is 1.04. The van der Waals surface area contributed by atoms with Crippen molar-refractivity contribution in [2.45, 2.75) is 45.4 Å². The molecule has 0 radical (unpaired) electrons. The first kappa shape index (κ1) is 13.9. The molecule has 2 N–H and O–H groups in total. The molecule has 1 aromatic carbocycles. The van der Waals surface area contributed by atoms with E-state index < -0.39 is 0 Å². The molecule has 1 fully saturated rings. The van der Waals surface area contributed by atoms with Crippen molar-refractivity contribution >= 4 is 15.9 Å². The molecule has 0 unspecified atom stereocenters. The molecule has 18 heavy (non-hydrogen) atoms. The van der Waals surface area contributed by atoms with Crippen LogP contribution < -0.4 is 10.5 Å². The minimum absolute atomic E-state index is 0.135. The molecule has 0 spiro atoms. The fourth-order valence-electron chi connectivity index (χ4n) is 3.14. The molecular weight excluding hydrogens is 290 g/mol. The molecule has 0 aromatic heterocycles. The Morgan fingerprint density at radius 1 is 1.17 bits per heavy atom. The highest BCUT2D eigenvalue weighted by molar-refractivity contribution is 9.10. The van der Waals surface area contributed by atoms with Crippen LogP contribution in [0.25, 0.3) is 0 Å². The Hall–Kier alpha value is -0.540. The lowest BCUT2D eigenvalue weighted by Crippen LogP contribution is -2.42. The third-order valence-electron chi connectivity index (χ3n) is 4.60. The maximum atomic E-state index is 6.06. The van der Waals surface area contributed by atoms with Gasteiger partial charge in [-0.2, -0.15) is 0 Å². The molecule has 0 bridgehead atoms. The summed E-state index contributed by atoms with van der Waals surface area (Å²) in [5.41, 5.74) is 11.3. The first-order valence-corrected chi connectivity index (χ1v) is 7.31. The van der Waals surface area contributed by atoms with Crippen molar-refractivity contribution in [1.82, 2.24) is 0 Å². The molecular formula is C15H22BrNO. The van der Waals surface area contributed by atoms with Gasteiger partial charge in [0.25, 0.3) is 0 Å². The van der Waals surface area contributed by atoms with Crippen LogP contribution in [0.4, 0.5) is 0 Å². The Labute approximate surface area is 118 Å². The molecule has 0 heterocycles. The largest absolute Gasteiger partial charge is 0.496 e. The summed E-state index contributed by atoms with van der Waals surface area (Å²) < 4.78 is 6.90. The van der Waals surface area contributed by atoms with E-state index in [0.717, 1.165) is 5.75 Å². The summed E-state index contributed by atoms with van der Waals surface area (Å²) in [6, 6.07) is 0. The van der Waals surface area contributed by atoms with Gasteiger partial charge in [-0.3, -0.25) is 0 Å². The summed E-state index contributed by atoms with van der Waals surface area (Å²) in [6.07, 6.45) is 3.62. The van der Waals surface area contributed by atoms with Crippen molar-refractivity contribution < 1.29 is 4.74 Å². The summed E-state index contributed by atoms with van der Waals surface area (Å²) in [5, 5.41) is 0. The van der Waals surface area contributed by atoms with Crippen LogP contribution in [0.5, 0.6) is 5.75 Å². The van der Waals surface area contributed by atoms with Gasteiger partial charge in [-0.25, -0.2) is 0 Å². The molecule has 100 valence electrons. The number of benzene rings is 1. The Bertz CT molecular complexity index is 473. The van der Waals surface area contributed by atoms with Gasteiger partial charge in [0, 0.05) is 22.0 Å². The standard InChI is InChI=1S/C15H22BrNO/c1-9-10(2)14(18-4)12(11(3)13(9)16)15(8-17)6-5-7-15/h5-8,17H2,1-4H3. The second kappa shape index (κ2) is 4.86. The van der Waals surface area contributed by atoms with Crippen LogP contribution >= 0.6 is 15.9 Å². The normalized spacial score (nSPS) is 17.4. The minimum atomic E-state index is 0.135. The van der Waals surface area contributed by atoms with E-state index in [2.05, 4.69) is 36.7 Å². The van der Waals surface area contributed by atoms with E-state index in [1.165, 1.54) is 46.0 Å². The van der Waals surface area contributed by atoms with E-state index in [4.69, 9.17) is 10.5 Å². The Kier molecular flexibility index (Phi) is 3.75. The Balaban J connectivity index is 2.73. The fourth-order valence-corrected chi connectivity index (χ4v) is 3.63. The lowest BCUT2D eigenvalue weighted by Gasteiger charge is -2.44. The number of halogens is 1. The van der Waals surface area contributed by atoms with Crippen LogP contribution in [0.1, 0.15) is 41.5 Å². The van der Waals surface area contributed by atoms with Crippen molar-refractivity contribution in [3.8, 4) is 5.75 Å². The van der Waals surface area contributed by atoms with E-state index in [0.29, 0.717) is 6.54 Å². The third kappa shape index (κ3) is 1.79. The second-order valence-corrected chi connectivity index (χ2v) is 6.23. The lowest BCUT2D eigenvalue weighted by molar-refractivity contribution is 0.241. The Morgan fingerprint density at radius 2 is 1.78 bits per heavy atom. The maximum Gasteiger partial charge on any atom is 0.126 e. The van der Waals surface area contributed by atoms with Crippen LogP contribution in [0.3, 0.4) is 0 Å². The summed E-state index contributed by atoms with van der Waals surface area (Å²) >= 11 is 3.72. The van der Waals surface area contributed by atoms with E-state index in [1.807, 2.05) is 0 Å². The van der Waals surface area contributed by atoms with Crippen molar-refractivity contribution in [3.05, 3.63) is 26.7 Å². The number of methoxy groups -OCH3 is 1. The molecule has 1 saturated carbocycles. The van der Waals surface area contributed by atoms with Gasteiger partial charge in [0.05, 0.1) is 7.11 Å². The molecule has 3 heteroatoms. The SMILES string of the molecule is COc1c(C)c(C)c(Br)c(C)c1C1(CN)CCC1. The van der Waals surface area contributed by atoms with Gasteiger partial charge in [-0.05, 0) is 50.3 Å². The predicted octanol–water partition coefficient (Wildman–Crippen LogP) is 3.76. The number of ether oxygens (including phenoxy) is 1. The van der Waals surface area contributed by atoms with Gasteiger partial charge in [-0.1, -0.05) is 22.4 Å². The van der Waals surface area contributed by atoms with Crippen LogP contribution in [-0.4, -0.2) is 13.7 Å². The minimum Gasteiger partial charge on any atom is -0.496 e. The highest BCUT2D eigenvalue weighted by atomic mass is 79.9. The van der Waals surface area contributed by atoms with E-state index in [1.54, 1.807) is 7.11 Å². The Morgan fingerprint density at radius 3 is 2.17 bits per heavy atom. The zero-order valence-corrected chi connectivity index (χ0v) is 13.3. The van der Waals surface area contributed by atoms with Crippen LogP contribution in [0.15, 0.2) is 4.47 Å². The smallest absolute Gasteiger partial charge is 0.126 e. The van der Waals surface area contributed by atoms with E-state index >= 15 is 0 Å². The second-order valence-electron chi connectivity index (χ2n) is 5.44. The van der Waals surface area contributed by atoms with Crippen molar-refractivity contribution in [2.24, 2.45) is 5.73 Å². The molecule has 0 amide bonds. The van der Waals surface area contributed by atoms with E-state index in [9.17, 15) is 0 Å². The predicted molar refractivity (Wildman–Crippen MR) is 79.5 cm³/mol. The number of nitrogens with two attached hydrogens (primary N) is 1. The maximum absolute atomic E-state index is 6.06. The quantitative estimate of drug-likeness (QED) is 0.922. The van der Waals surface area contributed by atoms with Crippen LogP contribution in [-0.2, 0) is 5.41 Å².